The monoisotopic (exact) mass is 256 g/mol. The molecule has 0 aliphatic rings. The highest BCUT2D eigenvalue weighted by Crippen LogP contribution is 2.00. The van der Waals surface area contributed by atoms with Crippen molar-refractivity contribution in [1.29, 1.82) is 0 Å². The molecule has 0 aromatic carbocycles. The summed E-state index contributed by atoms with van der Waals surface area (Å²) in [5.41, 5.74) is 0. The first kappa shape index (κ1) is 13.6. The summed E-state index contributed by atoms with van der Waals surface area (Å²) in [6, 6.07) is -1.19. The molecule has 0 radical (unpaired) electrons. The van der Waals surface area contributed by atoms with Crippen LogP contribution < -0.4 is 5.32 Å². The van der Waals surface area contributed by atoms with Crippen LogP contribution in [0.4, 0.5) is 0 Å². The van der Waals surface area contributed by atoms with Crippen LogP contribution in [0.3, 0.4) is 0 Å². The van der Waals surface area contributed by atoms with E-state index >= 15 is 0 Å². The van der Waals surface area contributed by atoms with Gasteiger partial charge in [-0.2, -0.15) is 5.10 Å². The molecule has 1 heterocycles. The fourth-order valence-corrected chi connectivity index (χ4v) is 1.16. The first-order valence-electron chi connectivity index (χ1n) is 5.00. The number of amides is 1. The molecule has 1 rings (SSSR count). The molecule has 0 aliphatic carbocycles. The number of carboxylic acid groups (broad SMARTS) is 1. The largest absolute Gasteiger partial charge is 0.480 e. The first-order valence-corrected chi connectivity index (χ1v) is 5.00. The average Bonchev–Trinajstić information content (AvgIpc) is 2.87. The van der Waals surface area contributed by atoms with E-state index in [1.54, 1.807) is 0 Å². The number of hydrogen-bond acceptors (Lipinski definition) is 6. The Balaban J connectivity index is 2.55. The maximum Gasteiger partial charge on any atom is 0.326 e. The zero-order chi connectivity index (χ0) is 13.5. The number of aliphatic carboxylic acids is 1. The third kappa shape index (κ3) is 3.85. The van der Waals surface area contributed by atoms with Crippen molar-refractivity contribution in [3.63, 3.8) is 0 Å². The van der Waals surface area contributed by atoms with Gasteiger partial charge < -0.3 is 15.2 Å². The third-order valence-corrected chi connectivity index (χ3v) is 2.10. The smallest absolute Gasteiger partial charge is 0.326 e. The second-order valence-electron chi connectivity index (χ2n) is 3.31. The molecule has 0 aliphatic heterocycles. The van der Waals surface area contributed by atoms with Gasteiger partial charge in [0.05, 0.1) is 7.11 Å². The molecule has 0 bridgehead atoms. The molecule has 9 nitrogen and oxygen atoms in total. The molecule has 18 heavy (non-hydrogen) atoms. The Bertz CT molecular complexity index is 430. The van der Waals surface area contributed by atoms with Crippen molar-refractivity contribution in [2.75, 3.05) is 7.11 Å². The van der Waals surface area contributed by atoms with Crippen LogP contribution in [-0.2, 0) is 14.3 Å². The summed E-state index contributed by atoms with van der Waals surface area (Å²) in [6.45, 7) is 0. The molecule has 9 heteroatoms. The lowest BCUT2D eigenvalue weighted by atomic mass is 10.1. The lowest BCUT2D eigenvalue weighted by Crippen LogP contribution is -2.41. The van der Waals surface area contributed by atoms with Gasteiger partial charge in [0.25, 0.3) is 5.91 Å². The number of ether oxygens (including phenoxy) is 1. The number of hydrogen-bond donors (Lipinski definition) is 3. The average molecular weight is 256 g/mol. The van der Waals surface area contributed by atoms with Gasteiger partial charge in [0.15, 0.2) is 0 Å². The predicted octanol–water partition coefficient (Wildman–Crippen LogP) is -1.06. The molecule has 1 unspecified atom stereocenters. The van der Waals surface area contributed by atoms with E-state index in [1.807, 2.05) is 0 Å². The number of nitrogens with zero attached hydrogens (tertiary/aromatic N) is 2. The number of methoxy groups -OCH3 is 1. The summed E-state index contributed by atoms with van der Waals surface area (Å²) in [5, 5.41) is 16.9. The van der Waals surface area contributed by atoms with Crippen molar-refractivity contribution in [2.24, 2.45) is 0 Å². The minimum atomic E-state index is -1.24. The number of nitrogens with one attached hydrogen (secondary N) is 2. The fourth-order valence-electron chi connectivity index (χ4n) is 1.16. The summed E-state index contributed by atoms with van der Waals surface area (Å²) in [7, 11) is 1.20. The van der Waals surface area contributed by atoms with Gasteiger partial charge in [-0.3, -0.25) is 14.7 Å². The van der Waals surface area contributed by atoms with E-state index in [0.29, 0.717) is 0 Å². The van der Waals surface area contributed by atoms with E-state index in [2.05, 4.69) is 25.2 Å². The highest BCUT2D eigenvalue weighted by Gasteiger charge is 2.22. The van der Waals surface area contributed by atoms with E-state index in [-0.39, 0.29) is 18.7 Å². The quantitative estimate of drug-likeness (QED) is 0.552. The van der Waals surface area contributed by atoms with Crippen LogP contribution in [0.1, 0.15) is 23.5 Å². The zero-order valence-corrected chi connectivity index (χ0v) is 9.54. The lowest BCUT2D eigenvalue weighted by molar-refractivity contribution is -0.142. The molecule has 0 fully saturated rings. The maximum absolute atomic E-state index is 11.5. The van der Waals surface area contributed by atoms with Crippen LogP contribution in [0.15, 0.2) is 6.33 Å². The van der Waals surface area contributed by atoms with Crippen LogP contribution >= 0.6 is 0 Å². The number of carbonyl (C=O) groups excluding carboxylic acids is 2. The molecule has 0 saturated heterocycles. The van der Waals surface area contributed by atoms with Crippen molar-refractivity contribution in [3.05, 3.63) is 12.2 Å². The topological polar surface area (TPSA) is 134 Å². The van der Waals surface area contributed by atoms with Crippen LogP contribution in [0.2, 0.25) is 0 Å². The second kappa shape index (κ2) is 6.33. The van der Waals surface area contributed by atoms with Crippen molar-refractivity contribution in [3.8, 4) is 0 Å². The maximum atomic E-state index is 11.5. The first-order chi connectivity index (χ1) is 8.54. The van der Waals surface area contributed by atoms with Crippen LogP contribution in [-0.4, -0.2) is 51.3 Å². The van der Waals surface area contributed by atoms with Crippen molar-refractivity contribution < 1.29 is 24.2 Å². The summed E-state index contributed by atoms with van der Waals surface area (Å²) in [4.78, 5) is 36.9. The molecule has 1 aromatic rings. The van der Waals surface area contributed by atoms with E-state index in [9.17, 15) is 14.4 Å². The second-order valence-corrected chi connectivity index (χ2v) is 3.31. The highest BCUT2D eigenvalue weighted by molar-refractivity contribution is 5.93. The predicted molar refractivity (Wildman–Crippen MR) is 56.5 cm³/mol. The van der Waals surface area contributed by atoms with Crippen molar-refractivity contribution in [1.82, 2.24) is 20.5 Å². The Morgan fingerprint density at radius 1 is 1.56 bits per heavy atom. The van der Waals surface area contributed by atoms with Gasteiger partial charge >= 0.3 is 11.9 Å². The third-order valence-electron chi connectivity index (χ3n) is 2.10. The molecular weight excluding hydrogens is 244 g/mol. The molecule has 1 amide bonds. The van der Waals surface area contributed by atoms with Crippen molar-refractivity contribution in [2.45, 2.75) is 18.9 Å². The number of aromatic amines is 1. The Morgan fingerprint density at radius 2 is 2.28 bits per heavy atom. The SMILES string of the molecule is COC(=O)CCC(NC(=O)c1ncn[nH]1)C(=O)O. The molecule has 3 N–H and O–H groups in total. The summed E-state index contributed by atoms with van der Waals surface area (Å²) >= 11 is 0. The fraction of sp³-hybridized carbons (Fsp3) is 0.444. The Morgan fingerprint density at radius 3 is 2.78 bits per heavy atom. The number of esters is 1. The van der Waals surface area contributed by atoms with E-state index in [4.69, 9.17) is 5.11 Å². The van der Waals surface area contributed by atoms with Crippen LogP contribution in [0.25, 0.3) is 0 Å². The van der Waals surface area contributed by atoms with Gasteiger partial charge in [-0.15, -0.1) is 0 Å². The summed E-state index contributed by atoms with van der Waals surface area (Å²) < 4.78 is 4.38. The number of carbonyl (C=O) groups is 3. The summed E-state index contributed by atoms with van der Waals surface area (Å²) in [6.07, 6.45) is 0.950. The Kier molecular flexibility index (Phi) is 4.78. The number of carboxylic acids is 1. The minimum absolute atomic E-state index is 0.0676. The van der Waals surface area contributed by atoms with Gasteiger partial charge in [0, 0.05) is 6.42 Å². The van der Waals surface area contributed by atoms with Crippen LogP contribution in [0, 0.1) is 0 Å². The highest BCUT2D eigenvalue weighted by atomic mass is 16.5. The van der Waals surface area contributed by atoms with Gasteiger partial charge in [0.2, 0.25) is 5.82 Å². The Labute approximate surface area is 102 Å². The van der Waals surface area contributed by atoms with E-state index in [0.717, 1.165) is 6.33 Å². The molecule has 1 aromatic heterocycles. The van der Waals surface area contributed by atoms with Gasteiger partial charge in [-0.25, -0.2) is 9.78 Å². The molecular formula is C9H12N4O5. The van der Waals surface area contributed by atoms with E-state index in [1.165, 1.54) is 7.11 Å². The van der Waals surface area contributed by atoms with Gasteiger partial charge in [-0.1, -0.05) is 0 Å². The minimum Gasteiger partial charge on any atom is -0.480 e. The molecule has 98 valence electrons. The van der Waals surface area contributed by atoms with Crippen LogP contribution in [0.5, 0.6) is 0 Å². The number of aromatic nitrogens is 3. The molecule has 0 spiro atoms. The number of H-pyrrole nitrogens is 1. The Hall–Kier alpha value is -2.45. The van der Waals surface area contributed by atoms with Crippen molar-refractivity contribution >= 4 is 17.8 Å². The number of rotatable bonds is 6. The molecule has 0 saturated carbocycles. The standard InChI is InChI=1S/C9H12N4O5/c1-18-6(14)3-2-5(9(16)17)12-8(15)7-10-4-11-13-7/h4-5H,2-3H2,1H3,(H,12,15)(H,16,17)(H,10,11,13). The zero-order valence-electron chi connectivity index (χ0n) is 9.54. The normalized spacial score (nSPS) is 11.6. The van der Waals surface area contributed by atoms with Gasteiger partial charge in [-0.05, 0) is 6.42 Å². The molecule has 1 atom stereocenters. The van der Waals surface area contributed by atoms with Gasteiger partial charge in [0.1, 0.15) is 12.4 Å². The lowest BCUT2D eigenvalue weighted by Gasteiger charge is -2.12. The summed E-state index contributed by atoms with van der Waals surface area (Å²) in [5.74, 6) is -2.59. The van der Waals surface area contributed by atoms with E-state index < -0.39 is 23.9 Å².